The average molecular weight is 216 g/mol. The average Bonchev–Trinajstić information content (AvgIpc) is 2.47. The molecular weight excluding hydrogens is 200 g/mol. The highest BCUT2D eigenvalue weighted by Crippen LogP contribution is 2.33. The summed E-state index contributed by atoms with van der Waals surface area (Å²) < 4.78 is 0. The molecule has 0 aromatic heterocycles. The van der Waals surface area contributed by atoms with Crippen molar-refractivity contribution < 1.29 is 0 Å². The van der Waals surface area contributed by atoms with Crippen LogP contribution in [0.1, 0.15) is 24.3 Å². The zero-order chi connectivity index (χ0) is 11.4. The van der Waals surface area contributed by atoms with Crippen LogP contribution in [-0.4, -0.2) is 20.1 Å². The summed E-state index contributed by atoms with van der Waals surface area (Å²) in [6.45, 7) is 1.64. The summed E-state index contributed by atoms with van der Waals surface area (Å²) in [7, 11) is 2.12. The van der Waals surface area contributed by atoms with Gasteiger partial charge in [0, 0.05) is 30.7 Å². The van der Waals surface area contributed by atoms with Gasteiger partial charge in [-0.3, -0.25) is 0 Å². The third-order valence-electron chi connectivity index (χ3n) is 3.20. The summed E-state index contributed by atoms with van der Waals surface area (Å²) in [4.78, 5) is 5.15. The van der Waals surface area contributed by atoms with E-state index in [1.807, 2.05) is 0 Å². The van der Waals surface area contributed by atoms with E-state index in [0.717, 1.165) is 19.4 Å². The molecule has 1 atom stereocenters. The van der Waals surface area contributed by atoms with Crippen LogP contribution in [-0.2, 0) is 0 Å². The summed E-state index contributed by atoms with van der Waals surface area (Å²) in [5, 5.41) is 3.72. The number of anilines is 1. The quantitative estimate of drug-likeness (QED) is 0.425. The number of para-hydroxylation sites is 1. The van der Waals surface area contributed by atoms with Crippen molar-refractivity contribution in [2.75, 3.05) is 25.0 Å². The highest BCUT2D eigenvalue weighted by Gasteiger charge is 2.19. The minimum atomic E-state index is 0.372. The van der Waals surface area contributed by atoms with Gasteiger partial charge in [0.1, 0.15) is 0 Å². The largest absolute Gasteiger partial charge is 0.374 e. The fourth-order valence-electron chi connectivity index (χ4n) is 2.36. The number of hydrogen-bond donors (Lipinski definition) is 0. The Balaban J connectivity index is 2.34. The van der Waals surface area contributed by atoms with Gasteiger partial charge in [-0.05, 0) is 35.9 Å². The first-order valence-electron chi connectivity index (χ1n) is 5.64. The molecule has 0 fully saturated rings. The van der Waals surface area contributed by atoms with Crippen LogP contribution < -0.4 is 4.90 Å². The first-order chi connectivity index (χ1) is 7.83. The predicted molar refractivity (Wildman–Crippen MR) is 65.7 cm³/mol. The molecule has 0 spiro atoms. The molecule has 0 N–H and O–H groups in total. The van der Waals surface area contributed by atoms with Crippen molar-refractivity contribution in [1.29, 1.82) is 0 Å². The lowest BCUT2D eigenvalue weighted by molar-refractivity contribution is 0.618. The van der Waals surface area contributed by atoms with Crippen molar-refractivity contribution in [1.82, 2.24) is 0 Å². The summed E-state index contributed by atoms with van der Waals surface area (Å²) in [6, 6.07) is 8.41. The zero-order valence-electron chi connectivity index (χ0n) is 9.50. The van der Waals surface area contributed by atoms with Crippen LogP contribution in [0, 0.1) is 0 Å². The highest BCUT2D eigenvalue weighted by molar-refractivity contribution is 5.55. The molecule has 1 aliphatic heterocycles. The maximum Gasteiger partial charge on any atom is 0.0398 e. The number of azide groups is 1. The Hall–Kier alpha value is -1.67. The van der Waals surface area contributed by atoms with Gasteiger partial charge in [0.25, 0.3) is 0 Å². The molecule has 4 nitrogen and oxygen atoms in total. The van der Waals surface area contributed by atoms with Crippen LogP contribution in [0.25, 0.3) is 10.4 Å². The molecule has 1 aliphatic rings. The van der Waals surface area contributed by atoms with Crippen LogP contribution in [0.4, 0.5) is 5.69 Å². The smallest absolute Gasteiger partial charge is 0.0398 e. The zero-order valence-corrected chi connectivity index (χ0v) is 9.50. The predicted octanol–water partition coefficient (Wildman–Crippen LogP) is 3.31. The number of fused-ring (bicyclic) bond motifs is 1. The van der Waals surface area contributed by atoms with E-state index in [-0.39, 0.29) is 0 Å². The van der Waals surface area contributed by atoms with Crippen molar-refractivity contribution >= 4 is 5.69 Å². The lowest BCUT2D eigenvalue weighted by atomic mass is 9.94. The van der Waals surface area contributed by atoms with Gasteiger partial charge in [0.2, 0.25) is 0 Å². The molecule has 1 unspecified atom stereocenters. The van der Waals surface area contributed by atoms with Gasteiger partial charge < -0.3 is 4.90 Å². The second kappa shape index (κ2) is 4.90. The van der Waals surface area contributed by atoms with Crippen LogP contribution in [0.3, 0.4) is 0 Å². The minimum absolute atomic E-state index is 0.372. The van der Waals surface area contributed by atoms with Crippen molar-refractivity contribution in [3.05, 3.63) is 40.3 Å². The monoisotopic (exact) mass is 216 g/mol. The summed E-state index contributed by atoms with van der Waals surface area (Å²) in [6.07, 6.45) is 2.25. The van der Waals surface area contributed by atoms with E-state index in [1.165, 1.54) is 11.3 Å². The first kappa shape index (κ1) is 10.8. The summed E-state index contributed by atoms with van der Waals surface area (Å²) >= 11 is 0. The molecule has 16 heavy (non-hydrogen) atoms. The van der Waals surface area contributed by atoms with Gasteiger partial charge >= 0.3 is 0 Å². The Labute approximate surface area is 95.5 Å². The normalized spacial score (nSPS) is 19.6. The van der Waals surface area contributed by atoms with E-state index < -0.39 is 0 Å². The standard InChI is InChI=1S/C12H16N4/c1-16-8-4-5-10(9-14-15-13)11-6-2-3-7-12(11)16/h2-3,6-7,10H,4-5,8-9H2,1H3. The number of benzene rings is 1. The van der Waals surface area contributed by atoms with Crippen LogP contribution in [0.15, 0.2) is 29.4 Å². The molecule has 0 saturated heterocycles. The molecular formula is C12H16N4. The Morgan fingerprint density at radius 1 is 1.50 bits per heavy atom. The minimum Gasteiger partial charge on any atom is -0.374 e. The number of nitrogens with zero attached hydrogens (tertiary/aromatic N) is 4. The maximum absolute atomic E-state index is 8.42. The fourth-order valence-corrected chi connectivity index (χ4v) is 2.36. The van der Waals surface area contributed by atoms with Crippen molar-refractivity contribution in [3.8, 4) is 0 Å². The van der Waals surface area contributed by atoms with Crippen molar-refractivity contribution in [2.24, 2.45) is 5.11 Å². The van der Waals surface area contributed by atoms with Crippen molar-refractivity contribution in [3.63, 3.8) is 0 Å². The highest BCUT2D eigenvalue weighted by atomic mass is 15.1. The van der Waals surface area contributed by atoms with Crippen LogP contribution >= 0.6 is 0 Å². The maximum atomic E-state index is 8.42. The van der Waals surface area contributed by atoms with E-state index >= 15 is 0 Å². The number of hydrogen-bond acceptors (Lipinski definition) is 2. The molecule has 84 valence electrons. The Morgan fingerprint density at radius 2 is 2.31 bits per heavy atom. The van der Waals surface area contributed by atoms with Gasteiger partial charge in [0.15, 0.2) is 0 Å². The van der Waals surface area contributed by atoms with Gasteiger partial charge in [-0.25, -0.2) is 0 Å². The molecule has 1 aromatic carbocycles. The van der Waals surface area contributed by atoms with E-state index in [2.05, 4.69) is 46.2 Å². The Morgan fingerprint density at radius 3 is 3.12 bits per heavy atom. The second-order valence-electron chi connectivity index (χ2n) is 4.23. The molecule has 0 radical (unpaired) electrons. The van der Waals surface area contributed by atoms with E-state index in [0.29, 0.717) is 12.5 Å². The van der Waals surface area contributed by atoms with E-state index in [4.69, 9.17) is 5.53 Å². The van der Waals surface area contributed by atoms with Crippen LogP contribution in [0.5, 0.6) is 0 Å². The third-order valence-corrected chi connectivity index (χ3v) is 3.20. The summed E-state index contributed by atoms with van der Waals surface area (Å²) in [5.41, 5.74) is 11.0. The topological polar surface area (TPSA) is 52.0 Å². The molecule has 0 bridgehead atoms. The second-order valence-corrected chi connectivity index (χ2v) is 4.23. The Bertz CT molecular complexity index is 409. The van der Waals surface area contributed by atoms with Crippen LogP contribution in [0.2, 0.25) is 0 Å². The summed E-state index contributed by atoms with van der Waals surface area (Å²) in [5.74, 6) is 0.372. The van der Waals surface area contributed by atoms with Gasteiger partial charge in [-0.15, -0.1) is 0 Å². The molecule has 4 heteroatoms. The first-order valence-corrected chi connectivity index (χ1v) is 5.64. The third kappa shape index (κ3) is 2.12. The molecule has 0 amide bonds. The molecule has 2 rings (SSSR count). The number of rotatable bonds is 2. The Kier molecular flexibility index (Phi) is 3.32. The lowest BCUT2D eigenvalue weighted by Gasteiger charge is -2.20. The van der Waals surface area contributed by atoms with E-state index in [1.54, 1.807) is 0 Å². The SMILES string of the molecule is CN1CCCC(CN=[N+]=[N-])c2ccccc21. The van der Waals surface area contributed by atoms with Gasteiger partial charge in [0.05, 0.1) is 0 Å². The molecule has 1 aromatic rings. The van der Waals surface area contributed by atoms with Crippen molar-refractivity contribution in [2.45, 2.75) is 18.8 Å². The van der Waals surface area contributed by atoms with E-state index in [9.17, 15) is 0 Å². The van der Waals surface area contributed by atoms with Gasteiger partial charge in [-0.1, -0.05) is 23.3 Å². The molecule has 1 heterocycles. The molecule has 0 saturated carbocycles. The lowest BCUT2D eigenvalue weighted by Crippen LogP contribution is -2.17. The van der Waals surface area contributed by atoms with Gasteiger partial charge in [-0.2, -0.15) is 0 Å². The fraction of sp³-hybridized carbons (Fsp3) is 0.500. The molecule has 0 aliphatic carbocycles.